The Hall–Kier alpha value is -1.24. The molecule has 82 valence electrons. The second-order valence-electron chi connectivity index (χ2n) is 2.67. The average Bonchev–Trinajstić information content (AvgIpc) is 2.05. The third kappa shape index (κ3) is 2.85. The highest BCUT2D eigenvalue weighted by atomic mass is 79.9. The molecule has 15 heavy (non-hydrogen) atoms. The van der Waals surface area contributed by atoms with Crippen LogP contribution in [0.15, 0.2) is 27.7 Å². The molecule has 0 fully saturated rings. The summed E-state index contributed by atoms with van der Waals surface area (Å²) in [5.41, 5.74) is 8.89. The first-order valence-corrected chi connectivity index (χ1v) is 4.57. The fraction of sp³-hybridized carbons (Fsp3) is 0.125. The summed E-state index contributed by atoms with van der Waals surface area (Å²) in [5.74, 6) is -0.424. The predicted molar refractivity (Wildman–Crippen MR) is 54.6 cm³/mol. The van der Waals surface area contributed by atoms with Gasteiger partial charge in [-0.05, 0) is 28.1 Å². The van der Waals surface area contributed by atoms with E-state index in [2.05, 4.69) is 20.9 Å². The monoisotopic (exact) mass is 281 g/mol. The van der Waals surface area contributed by atoms with Crippen molar-refractivity contribution in [3.05, 3.63) is 28.2 Å². The Balaban J connectivity index is 3.40. The van der Waals surface area contributed by atoms with Gasteiger partial charge >= 0.3 is 6.18 Å². The molecule has 1 aromatic carbocycles. The van der Waals surface area contributed by atoms with Crippen molar-refractivity contribution in [2.24, 2.45) is 16.5 Å². The van der Waals surface area contributed by atoms with Gasteiger partial charge < -0.3 is 11.5 Å². The van der Waals surface area contributed by atoms with Gasteiger partial charge in [-0.25, -0.2) is 4.99 Å². The van der Waals surface area contributed by atoms with E-state index < -0.39 is 17.7 Å². The molecular formula is C8H7BrF3N3. The summed E-state index contributed by atoms with van der Waals surface area (Å²) in [6.07, 6.45) is -4.49. The van der Waals surface area contributed by atoms with Gasteiger partial charge in [-0.15, -0.1) is 0 Å². The number of benzene rings is 1. The lowest BCUT2D eigenvalue weighted by molar-refractivity contribution is -0.137. The van der Waals surface area contributed by atoms with Crippen LogP contribution in [0.4, 0.5) is 18.9 Å². The molecule has 0 unspecified atom stereocenters. The highest BCUT2D eigenvalue weighted by Gasteiger charge is 2.34. The van der Waals surface area contributed by atoms with Crippen molar-refractivity contribution in [2.75, 3.05) is 0 Å². The van der Waals surface area contributed by atoms with E-state index >= 15 is 0 Å². The normalized spacial score (nSPS) is 11.2. The number of hydrogen-bond acceptors (Lipinski definition) is 1. The van der Waals surface area contributed by atoms with Crippen LogP contribution in [0.5, 0.6) is 0 Å². The summed E-state index contributed by atoms with van der Waals surface area (Å²) in [7, 11) is 0. The summed E-state index contributed by atoms with van der Waals surface area (Å²) in [6.45, 7) is 0. The number of alkyl halides is 3. The lowest BCUT2D eigenvalue weighted by atomic mass is 10.2. The van der Waals surface area contributed by atoms with Crippen LogP contribution in [-0.4, -0.2) is 5.96 Å². The summed E-state index contributed by atoms with van der Waals surface area (Å²) < 4.78 is 37.7. The second kappa shape index (κ2) is 4.09. The Labute approximate surface area is 92.1 Å². The zero-order valence-electron chi connectivity index (χ0n) is 7.35. The van der Waals surface area contributed by atoms with Crippen LogP contribution in [0.3, 0.4) is 0 Å². The average molecular weight is 282 g/mol. The number of para-hydroxylation sites is 1. The molecular weight excluding hydrogens is 275 g/mol. The topological polar surface area (TPSA) is 64.4 Å². The molecule has 0 amide bonds. The predicted octanol–water partition coefficient (Wildman–Crippen LogP) is 2.37. The Bertz CT molecular complexity index is 397. The van der Waals surface area contributed by atoms with Gasteiger partial charge in [0.25, 0.3) is 0 Å². The van der Waals surface area contributed by atoms with Crippen LogP contribution in [0, 0.1) is 0 Å². The Morgan fingerprint density at radius 3 is 2.33 bits per heavy atom. The number of rotatable bonds is 1. The number of aliphatic imine (C=N–C) groups is 1. The molecule has 4 N–H and O–H groups in total. The molecule has 3 nitrogen and oxygen atoms in total. The summed E-state index contributed by atoms with van der Waals surface area (Å²) in [6, 6.07) is 3.60. The molecule has 1 aromatic rings. The summed E-state index contributed by atoms with van der Waals surface area (Å²) in [4.78, 5) is 3.43. The molecule has 1 rings (SSSR count). The van der Waals surface area contributed by atoms with Crippen molar-refractivity contribution in [2.45, 2.75) is 6.18 Å². The molecule has 0 radical (unpaired) electrons. The quantitative estimate of drug-likeness (QED) is 0.613. The smallest absolute Gasteiger partial charge is 0.370 e. The molecule has 0 saturated heterocycles. The molecule has 0 aliphatic heterocycles. The van der Waals surface area contributed by atoms with E-state index in [-0.39, 0.29) is 10.2 Å². The van der Waals surface area contributed by atoms with E-state index in [1.165, 1.54) is 12.1 Å². The SMILES string of the molecule is NC(N)=Nc1c(Br)cccc1C(F)(F)F. The number of guanidine groups is 1. The second-order valence-corrected chi connectivity index (χ2v) is 3.52. The highest BCUT2D eigenvalue weighted by Crippen LogP contribution is 2.40. The Morgan fingerprint density at radius 1 is 1.27 bits per heavy atom. The van der Waals surface area contributed by atoms with E-state index in [9.17, 15) is 13.2 Å². The van der Waals surface area contributed by atoms with Crippen molar-refractivity contribution in [1.29, 1.82) is 0 Å². The van der Waals surface area contributed by atoms with Gasteiger partial charge in [0.1, 0.15) is 0 Å². The molecule has 0 aliphatic rings. The van der Waals surface area contributed by atoms with Crippen LogP contribution in [0.2, 0.25) is 0 Å². The lowest BCUT2D eigenvalue weighted by Gasteiger charge is -2.10. The van der Waals surface area contributed by atoms with Gasteiger partial charge in [0.05, 0.1) is 11.3 Å². The minimum atomic E-state index is -4.49. The number of hydrogen-bond donors (Lipinski definition) is 2. The molecule has 0 aromatic heterocycles. The zero-order chi connectivity index (χ0) is 11.6. The lowest BCUT2D eigenvalue weighted by Crippen LogP contribution is -2.22. The van der Waals surface area contributed by atoms with Crippen molar-refractivity contribution in [3.63, 3.8) is 0 Å². The standard InChI is InChI=1S/C8H7BrF3N3/c9-5-3-1-2-4(8(10,11)12)6(5)15-7(13)14/h1-3H,(H4,13,14,15). The minimum absolute atomic E-state index is 0.186. The summed E-state index contributed by atoms with van der Waals surface area (Å²) in [5, 5.41) is 0. The number of nitrogens with two attached hydrogens (primary N) is 2. The van der Waals surface area contributed by atoms with E-state index in [4.69, 9.17) is 11.5 Å². The van der Waals surface area contributed by atoms with Crippen LogP contribution >= 0.6 is 15.9 Å². The highest BCUT2D eigenvalue weighted by molar-refractivity contribution is 9.10. The first-order valence-electron chi connectivity index (χ1n) is 3.77. The molecule has 0 bridgehead atoms. The van der Waals surface area contributed by atoms with Crippen molar-refractivity contribution >= 4 is 27.6 Å². The third-order valence-electron chi connectivity index (χ3n) is 1.53. The van der Waals surface area contributed by atoms with Gasteiger partial charge in [-0.1, -0.05) is 6.07 Å². The maximum absolute atomic E-state index is 12.5. The maximum Gasteiger partial charge on any atom is 0.418 e. The van der Waals surface area contributed by atoms with Gasteiger partial charge in [0.2, 0.25) is 0 Å². The van der Waals surface area contributed by atoms with Crippen molar-refractivity contribution in [3.8, 4) is 0 Å². The molecule has 0 heterocycles. The van der Waals surface area contributed by atoms with Gasteiger partial charge in [-0.2, -0.15) is 13.2 Å². The molecule has 0 spiro atoms. The van der Waals surface area contributed by atoms with Gasteiger partial charge in [0.15, 0.2) is 5.96 Å². The molecule has 7 heteroatoms. The number of halogens is 4. The number of nitrogens with zero attached hydrogens (tertiary/aromatic N) is 1. The Morgan fingerprint density at radius 2 is 1.87 bits per heavy atom. The minimum Gasteiger partial charge on any atom is -0.370 e. The van der Waals surface area contributed by atoms with E-state index in [0.717, 1.165) is 6.07 Å². The maximum atomic E-state index is 12.5. The van der Waals surface area contributed by atoms with Gasteiger partial charge in [-0.3, -0.25) is 0 Å². The van der Waals surface area contributed by atoms with Crippen molar-refractivity contribution < 1.29 is 13.2 Å². The zero-order valence-corrected chi connectivity index (χ0v) is 8.93. The largest absolute Gasteiger partial charge is 0.418 e. The van der Waals surface area contributed by atoms with Crippen LogP contribution in [-0.2, 0) is 6.18 Å². The van der Waals surface area contributed by atoms with Crippen LogP contribution in [0.25, 0.3) is 0 Å². The fourth-order valence-electron chi connectivity index (χ4n) is 0.987. The van der Waals surface area contributed by atoms with E-state index in [1.54, 1.807) is 0 Å². The van der Waals surface area contributed by atoms with Crippen LogP contribution < -0.4 is 11.5 Å². The third-order valence-corrected chi connectivity index (χ3v) is 2.17. The molecule has 0 aliphatic carbocycles. The first kappa shape index (κ1) is 11.8. The molecule has 0 atom stereocenters. The summed E-state index contributed by atoms with van der Waals surface area (Å²) >= 11 is 2.95. The van der Waals surface area contributed by atoms with E-state index in [1.807, 2.05) is 0 Å². The molecule has 0 saturated carbocycles. The van der Waals surface area contributed by atoms with E-state index in [0.29, 0.717) is 0 Å². The van der Waals surface area contributed by atoms with Crippen molar-refractivity contribution in [1.82, 2.24) is 0 Å². The van der Waals surface area contributed by atoms with Crippen LogP contribution in [0.1, 0.15) is 5.56 Å². The fourth-order valence-corrected chi connectivity index (χ4v) is 1.44. The Kier molecular flexibility index (Phi) is 3.23. The first-order chi connectivity index (χ1) is 6.82. The van der Waals surface area contributed by atoms with Gasteiger partial charge in [0, 0.05) is 4.47 Å².